The molecule has 2 unspecified atom stereocenters. The molecule has 0 spiro atoms. The van der Waals surface area contributed by atoms with E-state index in [4.69, 9.17) is 0 Å². The van der Waals surface area contributed by atoms with Gasteiger partial charge in [0.15, 0.2) is 0 Å². The zero-order valence-electron chi connectivity index (χ0n) is 12.7. The summed E-state index contributed by atoms with van der Waals surface area (Å²) in [6.07, 6.45) is 3.66. The Kier molecular flexibility index (Phi) is 6.42. The van der Waals surface area contributed by atoms with E-state index in [-0.39, 0.29) is 0 Å². The molecule has 1 rings (SSSR count). The molecular weight excluding hydrogens is 218 g/mol. The average Bonchev–Trinajstić information content (AvgIpc) is 2.35. The van der Waals surface area contributed by atoms with E-state index in [1.54, 1.807) is 5.56 Å². The number of hydrogen-bond acceptors (Lipinski definition) is 1. The monoisotopic (exact) mass is 247 g/mol. The number of hydrogen-bond donors (Lipinski definition) is 1. The first-order valence-corrected chi connectivity index (χ1v) is 7.38. The smallest absolute Gasteiger partial charge is 0.00700 e. The number of rotatable bonds is 7. The molecule has 0 amide bonds. The summed E-state index contributed by atoms with van der Waals surface area (Å²) >= 11 is 0. The van der Waals surface area contributed by atoms with Crippen LogP contribution in [-0.2, 0) is 6.42 Å². The van der Waals surface area contributed by atoms with Crippen molar-refractivity contribution in [2.75, 3.05) is 6.54 Å². The second-order valence-corrected chi connectivity index (χ2v) is 5.49. The van der Waals surface area contributed by atoms with Gasteiger partial charge in [0.25, 0.3) is 0 Å². The van der Waals surface area contributed by atoms with Crippen molar-refractivity contribution in [3.05, 3.63) is 34.9 Å². The van der Waals surface area contributed by atoms with E-state index in [9.17, 15) is 0 Å². The van der Waals surface area contributed by atoms with Gasteiger partial charge in [-0.2, -0.15) is 0 Å². The summed E-state index contributed by atoms with van der Waals surface area (Å²) in [5.41, 5.74) is 4.43. The molecule has 1 nitrogen and oxygen atoms in total. The lowest BCUT2D eigenvalue weighted by atomic mass is 9.87. The third-order valence-electron chi connectivity index (χ3n) is 4.06. The topological polar surface area (TPSA) is 12.0 Å². The van der Waals surface area contributed by atoms with Gasteiger partial charge in [-0.1, -0.05) is 38.5 Å². The highest BCUT2D eigenvalue weighted by molar-refractivity contribution is 5.33. The molecule has 0 aromatic heterocycles. The molecule has 0 aliphatic rings. The molecule has 0 bridgehead atoms. The van der Waals surface area contributed by atoms with Gasteiger partial charge in [0.1, 0.15) is 0 Å². The second-order valence-electron chi connectivity index (χ2n) is 5.49. The maximum absolute atomic E-state index is 3.64. The Morgan fingerprint density at radius 1 is 1.11 bits per heavy atom. The Hall–Kier alpha value is -0.820. The van der Waals surface area contributed by atoms with Crippen LogP contribution < -0.4 is 5.32 Å². The van der Waals surface area contributed by atoms with Gasteiger partial charge in [0.2, 0.25) is 0 Å². The first kappa shape index (κ1) is 15.2. The van der Waals surface area contributed by atoms with Crippen LogP contribution in [0, 0.1) is 19.8 Å². The quantitative estimate of drug-likeness (QED) is 0.759. The van der Waals surface area contributed by atoms with Crippen molar-refractivity contribution in [3.8, 4) is 0 Å². The Morgan fingerprint density at radius 3 is 2.22 bits per heavy atom. The second kappa shape index (κ2) is 7.58. The Labute approximate surface area is 113 Å². The molecule has 102 valence electrons. The van der Waals surface area contributed by atoms with Gasteiger partial charge in [0.05, 0.1) is 0 Å². The van der Waals surface area contributed by atoms with Crippen molar-refractivity contribution in [3.63, 3.8) is 0 Å². The van der Waals surface area contributed by atoms with Crippen LogP contribution in [0.25, 0.3) is 0 Å². The highest BCUT2D eigenvalue weighted by Crippen LogP contribution is 2.21. The minimum absolute atomic E-state index is 0.606. The summed E-state index contributed by atoms with van der Waals surface area (Å²) in [5.74, 6) is 0.733. The fourth-order valence-electron chi connectivity index (χ4n) is 2.65. The molecule has 0 aliphatic carbocycles. The molecule has 2 atom stereocenters. The standard InChI is InChI=1S/C17H29N/c1-6-11-18-15(5)16(7-2)12-17-13(3)9-8-10-14(17)4/h8-10,15-16,18H,6-7,11-12H2,1-5H3. The van der Waals surface area contributed by atoms with E-state index in [2.05, 4.69) is 58.1 Å². The Morgan fingerprint density at radius 2 is 1.72 bits per heavy atom. The number of nitrogens with one attached hydrogen (secondary N) is 1. The minimum atomic E-state index is 0.606. The van der Waals surface area contributed by atoms with E-state index < -0.39 is 0 Å². The highest BCUT2D eigenvalue weighted by Gasteiger charge is 2.17. The van der Waals surface area contributed by atoms with Gasteiger partial charge in [-0.25, -0.2) is 0 Å². The zero-order chi connectivity index (χ0) is 13.5. The molecule has 0 radical (unpaired) electrons. The van der Waals surface area contributed by atoms with Crippen LogP contribution in [0.1, 0.15) is 50.3 Å². The molecule has 1 N–H and O–H groups in total. The van der Waals surface area contributed by atoms with Crippen LogP contribution in [0.4, 0.5) is 0 Å². The third-order valence-corrected chi connectivity index (χ3v) is 4.06. The normalized spacial score (nSPS) is 14.5. The average molecular weight is 247 g/mol. The Bertz CT molecular complexity index is 336. The summed E-state index contributed by atoms with van der Waals surface area (Å²) in [6, 6.07) is 7.24. The highest BCUT2D eigenvalue weighted by atomic mass is 14.9. The minimum Gasteiger partial charge on any atom is -0.314 e. The van der Waals surface area contributed by atoms with Gasteiger partial charge in [-0.3, -0.25) is 0 Å². The third kappa shape index (κ3) is 4.13. The lowest BCUT2D eigenvalue weighted by molar-refractivity contribution is 0.361. The van der Waals surface area contributed by atoms with E-state index in [1.807, 2.05) is 0 Å². The van der Waals surface area contributed by atoms with Crippen molar-refractivity contribution in [2.24, 2.45) is 5.92 Å². The van der Waals surface area contributed by atoms with E-state index in [0.717, 1.165) is 12.5 Å². The van der Waals surface area contributed by atoms with E-state index >= 15 is 0 Å². The van der Waals surface area contributed by atoms with Crippen molar-refractivity contribution in [1.82, 2.24) is 5.32 Å². The van der Waals surface area contributed by atoms with E-state index in [1.165, 1.54) is 30.4 Å². The van der Waals surface area contributed by atoms with Crippen LogP contribution in [0.15, 0.2) is 18.2 Å². The van der Waals surface area contributed by atoms with Crippen molar-refractivity contribution in [2.45, 2.75) is 59.9 Å². The molecule has 0 heterocycles. The van der Waals surface area contributed by atoms with Crippen LogP contribution in [-0.4, -0.2) is 12.6 Å². The van der Waals surface area contributed by atoms with Gasteiger partial charge in [-0.15, -0.1) is 0 Å². The SMILES string of the molecule is CCCNC(C)C(CC)Cc1c(C)cccc1C. The molecule has 0 fully saturated rings. The summed E-state index contributed by atoms with van der Waals surface area (Å²) in [4.78, 5) is 0. The van der Waals surface area contributed by atoms with Crippen LogP contribution in [0.5, 0.6) is 0 Å². The fourth-order valence-corrected chi connectivity index (χ4v) is 2.65. The first-order chi connectivity index (χ1) is 8.60. The summed E-state index contributed by atoms with van der Waals surface area (Å²) in [5, 5.41) is 3.64. The van der Waals surface area contributed by atoms with Crippen LogP contribution in [0.3, 0.4) is 0 Å². The van der Waals surface area contributed by atoms with Crippen molar-refractivity contribution >= 4 is 0 Å². The van der Waals surface area contributed by atoms with Crippen molar-refractivity contribution < 1.29 is 0 Å². The molecule has 0 aliphatic heterocycles. The largest absolute Gasteiger partial charge is 0.314 e. The molecule has 1 heteroatoms. The van der Waals surface area contributed by atoms with Gasteiger partial charge in [-0.05, 0) is 62.8 Å². The Balaban J connectivity index is 2.73. The molecule has 0 saturated carbocycles. The summed E-state index contributed by atoms with van der Waals surface area (Å²) in [6.45, 7) is 12.5. The van der Waals surface area contributed by atoms with Gasteiger partial charge >= 0.3 is 0 Å². The first-order valence-electron chi connectivity index (χ1n) is 7.38. The summed E-state index contributed by atoms with van der Waals surface area (Å²) < 4.78 is 0. The van der Waals surface area contributed by atoms with Gasteiger partial charge in [0, 0.05) is 6.04 Å². The van der Waals surface area contributed by atoms with Gasteiger partial charge < -0.3 is 5.32 Å². The van der Waals surface area contributed by atoms with Crippen molar-refractivity contribution in [1.29, 1.82) is 0 Å². The fraction of sp³-hybridized carbons (Fsp3) is 0.647. The number of benzene rings is 1. The lowest BCUT2D eigenvalue weighted by Crippen LogP contribution is -2.35. The molecule has 1 aromatic carbocycles. The maximum Gasteiger partial charge on any atom is 0.00700 e. The molecule has 18 heavy (non-hydrogen) atoms. The summed E-state index contributed by atoms with van der Waals surface area (Å²) in [7, 11) is 0. The maximum atomic E-state index is 3.64. The van der Waals surface area contributed by atoms with Crippen LogP contribution >= 0.6 is 0 Å². The zero-order valence-corrected chi connectivity index (χ0v) is 12.7. The molecule has 1 aromatic rings. The van der Waals surface area contributed by atoms with Crippen LogP contribution in [0.2, 0.25) is 0 Å². The number of aryl methyl sites for hydroxylation is 2. The molecular formula is C17H29N. The lowest BCUT2D eigenvalue weighted by Gasteiger charge is -2.25. The van der Waals surface area contributed by atoms with E-state index in [0.29, 0.717) is 6.04 Å². The predicted molar refractivity (Wildman–Crippen MR) is 81.2 cm³/mol. The molecule has 0 saturated heterocycles. The predicted octanol–water partition coefficient (Wildman–Crippen LogP) is 4.26.